The molecule has 2 rings (SSSR count). The molecule has 1 atom stereocenters. The number of aromatic hydroxyl groups is 1. The standard InChI is InChI=1S/C13H14ClN3O2/c1-7-6-15-12(16-7)8(2)17-13(19)10-4-3-9(14)5-11(10)18/h3-6,8,18H,1-2H3,(H,15,16)(H,17,19). The van der Waals surface area contributed by atoms with E-state index in [0.717, 1.165) is 5.69 Å². The third-order valence-corrected chi connectivity index (χ3v) is 2.92. The maximum absolute atomic E-state index is 12.0. The van der Waals surface area contributed by atoms with Gasteiger partial charge in [0.2, 0.25) is 0 Å². The van der Waals surface area contributed by atoms with Crippen LogP contribution in [0.5, 0.6) is 5.75 Å². The van der Waals surface area contributed by atoms with Crippen LogP contribution in [0.1, 0.15) is 34.8 Å². The SMILES string of the molecule is Cc1cnc(C(C)NC(=O)c2ccc(Cl)cc2O)[nH]1. The van der Waals surface area contributed by atoms with Crippen LogP contribution in [0.15, 0.2) is 24.4 Å². The predicted molar refractivity (Wildman–Crippen MR) is 72.3 cm³/mol. The molecule has 0 spiro atoms. The Kier molecular flexibility index (Phi) is 3.76. The number of aromatic nitrogens is 2. The number of nitrogens with zero attached hydrogens (tertiary/aromatic N) is 1. The minimum absolute atomic E-state index is 0.146. The van der Waals surface area contributed by atoms with Crippen molar-refractivity contribution < 1.29 is 9.90 Å². The first kappa shape index (κ1) is 13.4. The molecule has 0 aliphatic carbocycles. The van der Waals surface area contributed by atoms with Crippen LogP contribution >= 0.6 is 11.6 Å². The van der Waals surface area contributed by atoms with E-state index in [0.29, 0.717) is 10.8 Å². The van der Waals surface area contributed by atoms with Gasteiger partial charge in [0, 0.05) is 16.9 Å². The normalized spacial score (nSPS) is 12.2. The van der Waals surface area contributed by atoms with Crippen molar-refractivity contribution in [3.05, 3.63) is 46.5 Å². The molecular weight excluding hydrogens is 266 g/mol. The second-order valence-electron chi connectivity index (χ2n) is 4.31. The minimum atomic E-state index is -0.379. The predicted octanol–water partition coefficient (Wildman–Crippen LogP) is 2.57. The van der Waals surface area contributed by atoms with Crippen LogP contribution in [0.25, 0.3) is 0 Å². The van der Waals surface area contributed by atoms with Gasteiger partial charge in [0.25, 0.3) is 5.91 Å². The molecule has 0 saturated carbocycles. The highest BCUT2D eigenvalue weighted by molar-refractivity contribution is 6.30. The summed E-state index contributed by atoms with van der Waals surface area (Å²) >= 11 is 5.72. The van der Waals surface area contributed by atoms with Crippen molar-refractivity contribution in [2.75, 3.05) is 0 Å². The molecule has 2 aromatic rings. The number of hydrogen-bond acceptors (Lipinski definition) is 3. The molecule has 6 heteroatoms. The van der Waals surface area contributed by atoms with Crippen molar-refractivity contribution in [2.45, 2.75) is 19.9 Å². The topological polar surface area (TPSA) is 78.0 Å². The number of halogens is 1. The van der Waals surface area contributed by atoms with E-state index < -0.39 is 0 Å². The van der Waals surface area contributed by atoms with Gasteiger partial charge in [0.05, 0.1) is 11.6 Å². The molecule has 0 saturated heterocycles. The maximum Gasteiger partial charge on any atom is 0.255 e. The molecule has 1 aromatic carbocycles. The zero-order valence-electron chi connectivity index (χ0n) is 10.6. The summed E-state index contributed by atoms with van der Waals surface area (Å²) in [4.78, 5) is 19.2. The van der Waals surface area contributed by atoms with Crippen LogP contribution in [0, 0.1) is 6.92 Å². The largest absolute Gasteiger partial charge is 0.507 e. The summed E-state index contributed by atoms with van der Waals surface area (Å²) in [5.74, 6) is 0.142. The molecule has 3 N–H and O–H groups in total. The first-order valence-corrected chi connectivity index (χ1v) is 6.16. The van der Waals surface area contributed by atoms with Gasteiger partial charge < -0.3 is 15.4 Å². The fourth-order valence-corrected chi connectivity index (χ4v) is 1.86. The fourth-order valence-electron chi connectivity index (χ4n) is 1.69. The number of amides is 1. The van der Waals surface area contributed by atoms with Crippen molar-refractivity contribution in [3.63, 3.8) is 0 Å². The van der Waals surface area contributed by atoms with E-state index in [9.17, 15) is 9.90 Å². The molecule has 1 amide bonds. The van der Waals surface area contributed by atoms with Gasteiger partial charge in [0.1, 0.15) is 11.6 Å². The number of imidazole rings is 1. The van der Waals surface area contributed by atoms with E-state index in [2.05, 4.69) is 15.3 Å². The van der Waals surface area contributed by atoms with Crippen LogP contribution in [0.3, 0.4) is 0 Å². The number of H-pyrrole nitrogens is 1. The zero-order valence-corrected chi connectivity index (χ0v) is 11.3. The lowest BCUT2D eigenvalue weighted by molar-refractivity contribution is 0.0935. The minimum Gasteiger partial charge on any atom is -0.507 e. The smallest absolute Gasteiger partial charge is 0.255 e. The Bertz CT molecular complexity index is 610. The number of phenols is 1. The molecule has 100 valence electrons. The molecular formula is C13H14ClN3O2. The Morgan fingerprint density at radius 1 is 1.53 bits per heavy atom. The molecule has 0 radical (unpaired) electrons. The molecule has 19 heavy (non-hydrogen) atoms. The lowest BCUT2D eigenvalue weighted by Gasteiger charge is -2.12. The third kappa shape index (κ3) is 3.06. The average Bonchev–Trinajstić information content (AvgIpc) is 2.75. The Balaban J connectivity index is 2.12. The van der Waals surface area contributed by atoms with E-state index >= 15 is 0 Å². The van der Waals surface area contributed by atoms with Crippen molar-refractivity contribution >= 4 is 17.5 Å². The lowest BCUT2D eigenvalue weighted by Crippen LogP contribution is -2.27. The second-order valence-corrected chi connectivity index (χ2v) is 4.74. The third-order valence-electron chi connectivity index (χ3n) is 2.68. The number of carbonyl (C=O) groups is 1. The van der Waals surface area contributed by atoms with Gasteiger partial charge in [0.15, 0.2) is 0 Å². The number of phenolic OH excluding ortho intramolecular Hbond substituents is 1. The molecule has 0 fully saturated rings. The number of nitrogens with one attached hydrogen (secondary N) is 2. The van der Waals surface area contributed by atoms with E-state index in [1.54, 1.807) is 12.3 Å². The van der Waals surface area contributed by atoms with Crippen LogP contribution in [-0.2, 0) is 0 Å². The Labute approximate surface area is 115 Å². The van der Waals surface area contributed by atoms with E-state index in [1.807, 2.05) is 13.8 Å². The van der Waals surface area contributed by atoms with Gasteiger partial charge in [-0.2, -0.15) is 0 Å². The first-order chi connectivity index (χ1) is 8.97. The molecule has 1 heterocycles. The zero-order chi connectivity index (χ0) is 14.0. The first-order valence-electron chi connectivity index (χ1n) is 5.78. The Hall–Kier alpha value is -2.01. The molecule has 5 nitrogen and oxygen atoms in total. The number of hydrogen-bond donors (Lipinski definition) is 3. The average molecular weight is 280 g/mol. The van der Waals surface area contributed by atoms with Gasteiger partial charge in [-0.25, -0.2) is 4.98 Å². The summed E-state index contributed by atoms with van der Waals surface area (Å²) in [6.45, 7) is 3.69. The quantitative estimate of drug-likeness (QED) is 0.808. The number of aromatic amines is 1. The van der Waals surface area contributed by atoms with Crippen molar-refractivity contribution in [3.8, 4) is 5.75 Å². The van der Waals surface area contributed by atoms with Crippen molar-refractivity contribution in [1.29, 1.82) is 0 Å². The monoisotopic (exact) mass is 279 g/mol. The molecule has 1 aromatic heterocycles. The molecule has 1 unspecified atom stereocenters. The van der Waals surface area contributed by atoms with Crippen molar-refractivity contribution in [1.82, 2.24) is 15.3 Å². The lowest BCUT2D eigenvalue weighted by atomic mass is 10.1. The van der Waals surface area contributed by atoms with Gasteiger partial charge in [-0.15, -0.1) is 0 Å². The fraction of sp³-hybridized carbons (Fsp3) is 0.231. The summed E-state index contributed by atoms with van der Waals surface area (Å²) in [6.07, 6.45) is 1.69. The molecule has 0 bridgehead atoms. The highest BCUT2D eigenvalue weighted by atomic mass is 35.5. The summed E-state index contributed by atoms with van der Waals surface area (Å²) in [5.41, 5.74) is 1.10. The highest BCUT2D eigenvalue weighted by Crippen LogP contribution is 2.22. The van der Waals surface area contributed by atoms with E-state index in [-0.39, 0.29) is 23.3 Å². The number of rotatable bonds is 3. The van der Waals surface area contributed by atoms with Crippen molar-refractivity contribution in [2.24, 2.45) is 0 Å². The van der Waals surface area contributed by atoms with E-state index in [1.165, 1.54) is 12.1 Å². The van der Waals surface area contributed by atoms with Crippen LogP contribution in [0.4, 0.5) is 0 Å². The summed E-state index contributed by atoms with van der Waals surface area (Å²) < 4.78 is 0. The van der Waals surface area contributed by atoms with Gasteiger partial charge >= 0.3 is 0 Å². The molecule has 0 aliphatic rings. The summed E-state index contributed by atoms with van der Waals surface area (Å²) in [7, 11) is 0. The van der Waals surface area contributed by atoms with Crippen LogP contribution in [0.2, 0.25) is 5.02 Å². The van der Waals surface area contributed by atoms with Crippen LogP contribution < -0.4 is 5.32 Å². The van der Waals surface area contributed by atoms with Gasteiger partial charge in [-0.05, 0) is 32.0 Å². The van der Waals surface area contributed by atoms with E-state index in [4.69, 9.17) is 11.6 Å². The summed E-state index contributed by atoms with van der Waals surface area (Å²) in [5, 5.41) is 12.8. The van der Waals surface area contributed by atoms with Crippen LogP contribution in [-0.4, -0.2) is 21.0 Å². The number of carbonyl (C=O) groups excluding carboxylic acids is 1. The van der Waals surface area contributed by atoms with Gasteiger partial charge in [-0.1, -0.05) is 11.6 Å². The number of benzene rings is 1. The number of aryl methyl sites for hydroxylation is 1. The summed E-state index contributed by atoms with van der Waals surface area (Å²) in [6, 6.07) is 4.08. The Morgan fingerprint density at radius 3 is 2.84 bits per heavy atom. The van der Waals surface area contributed by atoms with Gasteiger partial charge in [-0.3, -0.25) is 4.79 Å². The second kappa shape index (κ2) is 5.32. The maximum atomic E-state index is 12.0. The highest BCUT2D eigenvalue weighted by Gasteiger charge is 2.16. The molecule has 0 aliphatic heterocycles. The Morgan fingerprint density at radius 2 is 2.26 bits per heavy atom.